The predicted molar refractivity (Wildman–Crippen MR) is 135 cm³/mol. The van der Waals surface area contributed by atoms with E-state index in [1.165, 1.54) is 11.1 Å². The number of aliphatic carboxylic acids is 1. The first-order valence-electron chi connectivity index (χ1n) is 11.6. The van der Waals surface area contributed by atoms with E-state index in [4.69, 9.17) is 0 Å². The number of aryl methyl sites for hydroxylation is 2. The second kappa shape index (κ2) is 9.52. The summed E-state index contributed by atoms with van der Waals surface area (Å²) >= 11 is 0. The van der Waals surface area contributed by atoms with E-state index < -0.39 is 5.97 Å². The van der Waals surface area contributed by atoms with Gasteiger partial charge < -0.3 is 10.2 Å². The molecule has 0 atom stereocenters. The number of hydrogen-bond acceptors (Lipinski definition) is 2. The largest absolute Gasteiger partial charge is 0.507 e. The molecule has 3 nitrogen and oxygen atoms in total. The molecule has 0 heterocycles. The Morgan fingerprint density at radius 3 is 1.75 bits per heavy atom. The molecule has 2 aromatic carbocycles. The van der Waals surface area contributed by atoms with Crippen LogP contribution >= 0.6 is 0 Å². The molecule has 0 radical (unpaired) electrons. The van der Waals surface area contributed by atoms with Crippen molar-refractivity contribution in [3.05, 3.63) is 68.8 Å². The Hall–Kier alpha value is -2.55. The summed E-state index contributed by atoms with van der Waals surface area (Å²) < 4.78 is 0. The van der Waals surface area contributed by atoms with Crippen LogP contribution in [0.1, 0.15) is 101 Å². The van der Waals surface area contributed by atoms with Gasteiger partial charge in [-0.1, -0.05) is 79.7 Å². The van der Waals surface area contributed by atoms with E-state index in [-0.39, 0.29) is 10.8 Å². The number of phenolic OH excluding ortho intramolecular Hbond substituents is 1. The second-order valence-corrected chi connectivity index (χ2v) is 10.9. The van der Waals surface area contributed by atoms with Gasteiger partial charge in [0.1, 0.15) is 5.75 Å². The van der Waals surface area contributed by atoms with Crippen molar-refractivity contribution in [3.63, 3.8) is 0 Å². The summed E-state index contributed by atoms with van der Waals surface area (Å²) in [6.45, 7) is 18.7. The maximum absolute atomic E-state index is 11.6. The number of carboxylic acid groups (broad SMARTS) is 1. The van der Waals surface area contributed by atoms with Crippen LogP contribution in [0.2, 0.25) is 0 Å². The molecule has 0 spiro atoms. The highest BCUT2D eigenvalue weighted by molar-refractivity contribution is 5.92. The maximum atomic E-state index is 11.6. The van der Waals surface area contributed by atoms with Gasteiger partial charge in [-0.05, 0) is 75.6 Å². The molecular formula is C29H40O3. The van der Waals surface area contributed by atoms with Gasteiger partial charge in [0.05, 0.1) is 0 Å². The first-order valence-corrected chi connectivity index (χ1v) is 11.6. The number of rotatable bonds is 6. The van der Waals surface area contributed by atoms with E-state index in [2.05, 4.69) is 79.7 Å². The fourth-order valence-electron chi connectivity index (χ4n) is 4.08. The molecular weight excluding hydrogens is 396 g/mol. The summed E-state index contributed by atoms with van der Waals surface area (Å²) in [5.74, 6) is -0.569. The molecule has 0 aliphatic carbocycles. The van der Waals surface area contributed by atoms with Gasteiger partial charge in [0.25, 0.3) is 0 Å². The fourth-order valence-corrected chi connectivity index (χ4v) is 4.08. The fraction of sp³-hybridized carbons (Fsp3) is 0.483. The van der Waals surface area contributed by atoms with E-state index in [0.29, 0.717) is 17.7 Å². The average molecular weight is 437 g/mol. The van der Waals surface area contributed by atoms with E-state index in [1.54, 1.807) is 13.0 Å². The number of aromatic hydroxyl groups is 1. The Labute approximate surface area is 194 Å². The zero-order valence-electron chi connectivity index (χ0n) is 21.3. The van der Waals surface area contributed by atoms with Crippen molar-refractivity contribution in [2.45, 2.75) is 92.4 Å². The Kier molecular flexibility index (Phi) is 7.65. The number of carbonyl (C=O) groups is 1. The molecule has 2 aromatic rings. The second-order valence-electron chi connectivity index (χ2n) is 10.9. The number of hydrogen-bond donors (Lipinski definition) is 2. The van der Waals surface area contributed by atoms with Gasteiger partial charge in [-0.3, -0.25) is 0 Å². The van der Waals surface area contributed by atoms with Crippen molar-refractivity contribution in [1.29, 1.82) is 0 Å². The molecule has 0 aliphatic heterocycles. The molecule has 0 unspecified atom stereocenters. The first kappa shape index (κ1) is 25.7. The third-order valence-electron chi connectivity index (χ3n) is 6.09. The Bertz CT molecular complexity index is 1030. The monoisotopic (exact) mass is 436 g/mol. The van der Waals surface area contributed by atoms with Gasteiger partial charge in [-0.2, -0.15) is 0 Å². The molecule has 2 rings (SSSR count). The average Bonchev–Trinajstić information content (AvgIpc) is 2.68. The molecule has 0 bridgehead atoms. The highest BCUT2D eigenvalue weighted by atomic mass is 16.4. The highest BCUT2D eigenvalue weighted by Gasteiger charge is 2.24. The van der Waals surface area contributed by atoms with Gasteiger partial charge in [0.15, 0.2) is 0 Å². The smallest absolute Gasteiger partial charge is 0.331 e. The third kappa shape index (κ3) is 5.82. The predicted octanol–water partition coefficient (Wildman–Crippen LogP) is 7.19. The van der Waals surface area contributed by atoms with Crippen molar-refractivity contribution < 1.29 is 15.0 Å². The van der Waals surface area contributed by atoms with Crippen LogP contribution in [0.15, 0.2) is 29.8 Å². The molecule has 174 valence electrons. The third-order valence-corrected chi connectivity index (χ3v) is 6.09. The van der Waals surface area contributed by atoms with E-state index in [1.807, 2.05) is 0 Å². The van der Waals surface area contributed by atoms with Crippen LogP contribution < -0.4 is 0 Å². The summed E-state index contributed by atoms with van der Waals surface area (Å²) in [5, 5.41) is 20.8. The number of phenols is 1. The summed E-state index contributed by atoms with van der Waals surface area (Å²) in [6, 6.07) is 8.58. The van der Waals surface area contributed by atoms with Crippen LogP contribution in [0.3, 0.4) is 0 Å². The van der Waals surface area contributed by atoms with Crippen LogP contribution in [0.5, 0.6) is 5.75 Å². The van der Waals surface area contributed by atoms with Gasteiger partial charge in [-0.15, -0.1) is 0 Å². The normalized spacial score (nSPS) is 12.8. The van der Waals surface area contributed by atoms with Crippen molar-refractivity contribution >= 4 is 12.0 Å². The van der Waals surface area contributed by atoms with E-state index in [0.717, 1.165) is 40.7 Å². The van der Waals surface area contributed by atoms with Gasteiger partial charge in [0.2, 0.25) is 0 Å². The van der Waals surface area contributed by atoms with Crippen molar-refractivity contribution in [3.8, 4) is 5.75 Å². The number of benzene rings is 2. The van der Waals surface area contributed by atoms with E-state index >= 15 is 0 Å². The Morgan fingerprint density at radius 2 is 1.31 bits per heavy atom. The maximum Gasteiger partial charge on any atom is 0.331 e. The Balaban J connectivity index is 2.83. The minimum Gasteiger partial charge on any atom is -0.507 e. The van der Waals surface area contributed by atoms with Crippen molar-refractivity contribution in [1.82, 2.24) is 0 Å². The zero-order valence-corrected chi connectivity index (χ0v) is 21.3. The summed E-state index contributed by atoms with van der Waals surface area (Å²) in [7, 11) is 0. The van der Waals surface area contributed by atoms with Crippen LogP contribution in [0, 0.1) is 0 Å². The molecule has 32 heavy (non-hydrogen) atoms. The summed E-state index contributed by atoms with van der Waals surface area (Å²) in [4.78, 5) is 11.6. The minimum atomic E-state index is -0.916. The van der Waals surface area contributed by atoms with Gasteiger partial charge >= 0.3 is 5.97 Å². The van der Waals surface area contributed by atoms with Gasteiger partial charge in [-0.25, -0.2) is 4.79 Å². The zero-order chi connectivity index (χ0) is 24.4. The number of carboxylic acids is 1. The minimum absolute atomic E-state index is 0.144. The lowest BCUT2D eigenvalue weighted by Crippen LogP contribution is -2.16. The molecule has 0 amide bonds. The SMILES string of the molecule is CCc1cc(Cc2cc(CC)cc(C(C)(C)C)c2/C=C(\C)C(=O)O)c(O)c(C(C)(C)C)c1. The molecule has 3 heteroatoms. The molecule has 0 aliphatic rings. The van der Waals surface area contributed by atoms with Crippen LogP contribution in [0.25, 0.3) is 6.08 Å². The molecule has 2 N–H and O–H groups in total. The highest BCUT2D eigenvalue weighted by Crippen LogP contribution is 2.38. The molecule has 0 saturated carbocycles. The lowest BCUT2D eigenvalue weighted by molar-refractivity contribution is -0.132. The van der Waals surface area contributed by atoms with Crippen LogP contribution in [-0.2, 0) is 34.9 Å². The molecule has 0 aromatic heterocycles. The van der Waals surface area contributed by atoms with Crippen LogP contribution in [-0.4, -0.2) is 16.2 Å². The standard InChI is InChI=1S/C29H40O3/c1-10-19-13-21(23(12-18(3)27(31)32)24(15-19)28(4,5)6)17-22-14-20(11-2)16-25(26(22)30)29(7,8)9/h12-16,30H,10-11,17H2,1-9H3,(H,31,32)/b18-12+. The summed E-state index contributed by atoms with van der Waals surface area (Å²) in [6.07, 6.45) is 4.14. The van der Waals surface area contributed by atoms with Crippen LogP contribution in [0.4, 0.5) is 0 Å². The lowest BCUT2D eigenvalue weighted by atomic mass is 9.78. The first-order chi connectivity index (χ1) is 14.7. The Morgan fingerprint density at radius 1 is 0.844 bits per heavy atom. The summed E-state index contributed by atoms with van der Waals surface area (Å²) in [5.41, 5.74) is 7.40. The quantitative estimate of drug-likeness (QED) is 0.471. The molecule has 0 fully saturated rings. The van der Waals surface area contributed by atoms with E-state index in [9.17, 15) is 15.0 Å². The lowest BCUT2D eigenvalue weighted by Gasteiger charge is -2.27. The molecule has 0 saturated heterocycles. The van der Waals surface area contributed by atoms with Crippen molar-refractivity contribution in [2.75, 3.05) is 0 Å². The van der Waals surface area contributed by atoms with Crippen molar-refractivity contribution in [2.24, 2.45) is 0 Å². The van der Waals surface area contributed by atoms with Gasteiger partial charge in [0, 0.05) is 12.0 Å². The topological polar surface area (TPSA) is 57.5 Å².